The summed E-state index contributed by atoms with van der Waals surface area (Å²) in [6, 6.07) is 0.736. The van der Waals surface area contributed by atoms with E-state index in [9.17, 15) is 0 Å². The van der Waals surface area contributed by atoms with Crippen LogP contribution in [0, 0.1) is 17.3 Å². The topological polar surface area (TPSA) is 6.48 Å². The van der Waals surface area contributed by atoms with Gasteiger partial charge in [-0.1, -0.05) is 20.8 Å². The molecule has 0 unspecified atom stereocenters. The van der Waals surface area contributed by atoms with Gasteiger partial charge in [0.15, 0.2) is 0 Å². The molecule has 2 heteroatoms. The van der Waals surface area contributed by atoms with Crippen LogP contribution in [0.25, 0.3) is 0 Å². The lowest BCUT2D eigenvalue weighted by Gasteiger charge is -2.48. The molecule has 0 aromatic heterocycles. The van der Waals surface area contributed by atoms with Gasteiger partial charge in [0.05, 0.1) is 0 Å². The standard InChI is InChI=1S/C16H32N2/c1-13(2)18-8-6-14(7-9-18)10-17-11-15(12-17)16(3,4)5/h13-15H,6-12H2,1-5H3. The fourth-order valence-electron chi connectivity index (χ4n) is 3.28. The predicted molar refractivity (Wildman–Crippen MR) is 78.8 cm³/mol. The van der Waals surface area contributed by atoms with Crippen LogP contribution >= 0.6 is 0 Å². The minimum Gasteiger partial charge on any atom is -0.302 e. The van der Waals surface area contributed by atoms with Gasteiger partial charge in [0, 0.05) is 25.7 Å². The monoisotopic (exact) mass is 252 g/mol. The highest BCUT2D eigenvalue weighted by molar-refractivity contribution is 4.89. The fraction of sp³-hybridized carbons (Fsp3) is 1.00. The molecule has 2 aliphatic heterocycles. The van der Waals surface area contributed by atoms with Crippen LogP contribution in [0.5, 0.6) is 0 Å². The van der Waals surface area contributed by atoms with Crippen molar-refractivity contribution in [3.05, 3.63) is 0 Å². The highest BCUT2D eigenvalue weighted by Crippen LogP contribution is 2.34. The zero-order valence-corrected chi connectivity index (χ0v) is 13.1. The van der Waals surface area contributed by atoms with Crippen LogP contribution in [0.1, 0.15) is 47.5 Å². The van der Waals surface area contributed by atoms with E-state index in [0.717, 1.165) is 17.9 Å². The summed E-state index contributed by atoms with van der Waals surface area (Å²) in [5.74, 6) is 1.88. The molecule has 0 atom stereocenters. The highest BCUT2D eigenvalue weighted by Gasteiger charge is 2.36. The van der Waals surface area contributed by atoms with E-state index in [-0.39, 0.29) is 0 Å². The van der Waals surface area contributed by atoms with Gasteiger partial charge in [-0.2, -0.15) is 0 Å². The number of hydrogen-bond acceptors (Lipinski definition) is 2. The molecule has 0 saturated carbocycles. The molecule has 2 nitrogen and oxygen atoms in total. The van der Waals surface area contributed by atoms with Crippen molar-refractivity contribution < 1.29 is 0 Å². The third-order valence-electron chi connectivity index (χ3n) is 5.08. The average Bonchev–Trinajstić information content (AvgIpc) is 2.21. The van der Waals surface area contributed by atoms with E-state index < -0.39 is 0 Å². The van der Waals surface area contributed by atoms with Crippen LogP contribution in [0.3, 0.4) is 0 Å². The molecule has 2 saturated heterocycles. The summed E-state index contributed by atoms with van der Waals surface area (Å²) in [5, 5.41) is 0. The van der Waals surface area contributed by atoms with Crippen molar-refractivity contribution in [3.8, 4) is 0 Å². The molecule has 106 valence electrons. The van der Waals surface area contributed by atoms with Gasteiger partial charge in [0.1, 0.15) is 0 Å². The van der Waals surface area contributed by atoms with Crippen LogP contribution in [-0.4, -0.2) is 48.6 Å². The molecule has 2 rings (SSSR count). The number of likely N-dealkylation sites (tertiary alicyclic amines) is 2. The number of nitrogens with zero attached hydrogens (tertiary/aromatic N) is 2. The Labute approximate surface area is 114 Å². The molecule has 0 spiro atoms. The quantitative estimate of drug-likeness (QED) is 0.761. The van der Waals surface area contributed by atoms with E-state index in [1.54, 1.807) is 0 Å². The van der Waals surface area contributed by atoms with Crippen molar-refractivity contribution in [2.75, 3.05) is 32.7 Å². The summed E-state index contributed by atoms with van der Waals surface area (Å²) in [6.07, 6.45) is 2.82. The van der Waals surface area contributed by atoms with Crippen molar-refractivity contribution in [3.63, 3.8) is 0 Å². The first-order valence-electron chi connectivity index (χ1n) is 7.82. The molecule has 2 fully saturated rings. The second kappa shape index (κ2) is 5.50. The van der Waals surface area contributed by atoms with Crippen molar-refractivity contribution in [2.24, 2.45) is 17.3 Å². The first-order valence-corrected chi connectivity index (χ1v) is 7.82. The van der Waals surface area contributed by atoms with Crippen molar-refractivity contribution in [2.45, 2.75) is 53.5 Å². The molecule has 0 bridgehead atoms. The molecular weight excluding hydrogens is 220 g/mol. The summed E-state index contributed by atoms with van der Waals surface area (Å²) >= 11 is 0. The second-order valence-corrected chi connectivity index (χ2v) is 7.85. The van der Waals surface area contributed by atoms with E-state index in [2.05, 4.69) is 44.4 Å². The highest BCUT2D eigenvalue weighted by atomic mass is 15.2. The Morgan fingerprint density at radius 3 is 2.06 bits per heavy atom. The molecule has 0 aromatic carbocycles. The normalized spacial score (nSPS) is 25.7. The van der Waals surface area contributed by atoms with E-state index in [1.165, 1.54) is 45.6 Å². The average molecular weight is 252 g/mol. The third kappa shape index (κ3) is 3.48. The first-order chi connectivity index (χ1) is 8.36. The van der Waals surface area contributed by atoms with Gasteiger partial charge in [0.2, 0.25) is 0 Å². The van der Waals surface area contributed by atoms with Gasteiger partial charge in [0.25, 0.3) is 0 Å². The van der Waals surface area contributed by atoms with Crippen LogP contribution in [0.4, 0.5) is 0 Å². The minimum absolute atomic E-state index is 0.511. The molecule has 2 heterocycles. The molecule has 0 radical (unpaired) electrons. The minimum atomic E-state index is 0.511. The molecule has 2 aliphatic rings. The maximum atomic E-state index is 2.69. The summed E-state index contributed by atoms with van der Waals surface area (Å²) in [5.41, 5.74) is 0.511. The molecule has 18 heavy (non-hydrogen) atoms. The molecule has 0 aromatic rings. The van der Waals surface area contributed by atoms with E-state index in [1.807, 2.05) is 0 Å². The van der Waals surface area contributed by atoms with E-state index in [0.29, 0.717) is 5.41 Å². The number of piperidine rings is 1. The Hall–Kier alpha value is -0.0800. The second-order valence-electron chi connectivity index (χ2n) is 7.85. The lowest BCUT2D eigenvalue weighted by molar-refractivity contribution is 0.00454. The van der Waals surface area contributed by atoms with Crippen molar-refractivity contribution in [1.82, 2.24) is 9.80 Å². The SMILES string of the molecule is CC(C)N1CCC(CN2CC(C(C)(C)C)C2)CC1. The molecule has 0 amide bonds. The largest absolute Gasteiger partial charge is 0.302 e. The lowest BCUT2D eigenvalue weighted by atomic mass is 9.75. The summed E-state index contributed by atoms with van der Waals surface area (Å²) in [6.45, 7) is 18.5. The van der Waals surface area contributed by atoms with Crippen LogP contribution < -0.4 is 0 Å². The van der Waals surface area contributed by atoms with Gasteiger partial charge in [-0.05, 0) is 57.0 Å². The van der Waals surface area contributed by atoms with Gasteiger partial charge >= 0.3 is 0 Å². The van der Waals surface area contributed by atoms with Crippen molar-refractivity contribution >= 4 is 0 Å². The Kier molecular flexibility index (Phi) is 4.38. The summed E-state index contributed by atoms with van der Waals surface area (Å²) in [4.78, 5) is 5.32. The number of rotatable bonds is 3. The Balaban J connectivity index is 1.65. The number of hydrogen-bond donors (Lipinski definition) is 0. The van der Waals surface area contributed by atoms with Gasteiger partial charge in [-0.3, -0.25) is 0 Å². The predicted octanol–water partition coefficient (Wildman–Crippen LogP) is 3.08. The Bertz CT molecular complexity index is 253. The van der Waals surface area contributed by atoms with Gasteiger partial charge < -0.3 is 9.80 Å². The summed E-state index contributed by atoms with van der Waals surface area (Å²) in [7, 11) is 0. The van der Waals surface area contributed by atoms with Gasteiger partial charge in [-0.25, -0.2) is 0 Å². The van der Waals surface area contributed by atoms with Crippen molar-refractivity contribution in [1.29, 1.82) is 0 Å². The van der Waals surface area contributed by atoms with E-state index in [4.69, 9.17) is 0 Å². The van der Waals surface area contributed by atoms with E-state index >= 15 is 0 Å². The summed E-state index contributed by atoms with van der Waals surface area (Å²) < 4.78 is 0. The van der Waals surface area contributed by atoms with Crippen LogP contribution in [-0.2, 0) is 0 Å². The maximum absolute atomic E-state index is 2.69. The lowest BCUT2D eigenvalue weighted by Crippen LogP contribution is -2.54. The van der Waals surface area contributed by atoms with Crippen LogP contribution in [0.15, 0.2) is 0 Å². The third-order valence-corrected chi connectivity index (χ3v) is 5.08. The fourth-order valence-corrected chi connectivity index (χ4v) is 3.28. The first kappa shape index (κ1) is 14.3. The zero-order valence-electron chi connectivity index (χ0n) is 13.1. The molecule has 0 N–H and O–H groups in total. The Morgan fingerprint density at radius 1 is 1.06 bits per heavy atom. The molecule has 0 aliphatic carbocycles. The van der Waals surface area contributed by atoms with Crippen LogP contribution in [0.2, 0.25) is 0 Å². The van der Waals surface area contributed by atoms with Gasteiger partial charge in [-0.15, -0.1) is 0 Å². The maximum Gasteiger partial charge on any atom is 0.00385 e. The molecular formula is C16H32N2. The smallest absolute Gasteiger partial charge is 0.00385 e. The Morgan fingerprint density at radius 2 is 1.61 bits per heavy atom. The zero-order chi connectivity index (χ0) is 13.3.